The van der Waals surface area contributed by atoms with E-state index in [0.717, 1.165) is 0 Å². The van der Waals surface area contributed by atoms with E-state index >= 15 is 0 Å². The van der Waals surface area contributed by atoms with Crippen LogP contribution in [0.15, 0.2) is 53.4 Å². The van der Waals surface area contributed by atoms with Crippen LogP contribution in [0.5, 0.6) is 5.75 Å². The Morgan fingerprint density at radius 1 is 1.07 bits per heavy atom. The van der Waals surface area contributed by atoms with Gasteiger partial charge in [-0.15, -0.1) is 0 Å². The van der Waals surface area contributed by atoms with Crippen LogP contribution in [0.25, 0.3) is 0 Å². The number of hydrogen-bond donors (Lipinski definition) is 1. The summed E-state index contributed by atoms with van der Waals surface area (Å²) in [7, 11) is -0.862. The summed E-state index contributed by atoms with van der Waals surface area (Å²) in [5.74, 6) is 0.248. The number of nitrogens with zero attached hydrogens (tertiary/aromatic N) is 1. The number of hydrogen-bond acceptors (Lipinski definition) is 5. The maximum Gasteiger partial charge on any atom is 0.410 e. The molecule has 1 amide bonds. The molecule has 0 aliphatic rings. The lowest BCUT2D eigenvalue weighted by molar-refractivity contribution is 0.0285. The Labute approximate surface area is 166 Å². The number of anilines is 1. The molecule has 0 fully saturated rings. The van der Waals surface area contributed by atoms with Gasteiger partial charge in [-0.2, -0.15) is 0 Å². The summed E-state index contributed by atoms with van der Waals surface area (Å²) in [4.78, 5) is 13.6. The molecule has 0 atom stereocenters. The normalized spacial score (nSPS) is 11.6. The molecule has 2 aromatic carbocycles. The summed E-state index contributed by atoms with van der Waals surface area (Å²) in [6, 6.07) is 13.3. The van der Waals surface area contributed by atoms with Crippen LogP contribution in [0.4, 0.5) is 10.5 Å². The van der Waals surface area contributed by atoms with Crippen LogP contribution in [0.1, 0.15) is 26.3 Å². The van der Waals surface area contributed by atoms with Gasteiger partial charge in [-0.25, -0.2) is 13.2 Å². The zero-order valence-electron chi connectivity index (χ0n) is 16.7. The van der Waals surface area contributed by atoms with Gasteiger partial charge in [0.15, 0.2) is 0 Å². The standard InChI is InChI=1S/C20H26N2O5S/c1-20(2,3)27-19(23)22(4)14-15-10-6-7-11-16(15)21-28(24,25)18-13-9-8-12-17(18)26-5/h6-13,21H,14H2,1-5H3. The van der Waals surface area contributed by atoms with Crippen LogP contribution >= 0.6 is 0 Å². The van der Waals surface area contributed by atoms with Gasteiger partial charge in [0, 0.05) is 7.05 Å². The van der Waals surface area contributed by atoms with E-state index in [2.05, 4.69) is 4.72 Å². The van der Waals surface area contributed by atoms with Crippen LogP contribution in [0, 0.1) is 0 Å². The largest absolute Gasteiger partial charge is 0.495 e. The molecule has 0 saturated heterocycles. The molecule has 152 valence electrons. The Hall–Kier alpha value is -2.74. The fourth-order valence-corrected chi connectivity index (χ4v) is 3.73. The van der Waals surface area contributed by atoms with Gasteiger partial charge in [-0.1, -0.05) is 30.3 Å². The molecule has 0 saturated carbocycles. The second-order valence-electron chi connectivity index (χ2n) is 7.25. The van der Waals surface area contributed by atoms with E-state index in [0.29, 0.717) is 11.3 Å². The summed E-state index contributed by atoms with van der Waals surface area (Å²) < 4.78 is 38.8. The van der Waals surface area contributed by atoms with Crippen LogP contribution in [-0.4, -0.2) is 39.2 Å². The number of para-hydroxylation sites is 2. The molecule has 0 radical (unpaired) electrons. The lowest BCUT2D eigenvalue weighted by Crippen LogP contribution is -2.34. The van der Waals surface area contributed by atoms with Gasteiger partial charge in [0.25, 0.3) is 10.0 Å². The van der Waals surface area contributed by atoms with Gasteiger partial charge >= 0.3 is 6.09 Å². The number of methoxy groups -OCH3 is 1. The molecular formula is C20H26N2O5S. The number of benzene rings is 2. The number of ether oxygens (including phenoxy) is 2. The van der Waals surface area contributed by atoms with Crippen LogP contribution in [0.3, 0.4) is 0 Å². The smallest absolute Gasteiger partial charge is 0.410 e. The third kappa shape index (κ3) is 5.63. The molecule has 1 N–H and O–H groups in total. The Morgan fingerprint density at radius 3 is 2.32 bits per heavy atom. The first kappa shape index (κ1) is 21.6. The quantitative estimate of drug-likeness (QED) is 0.787. The average molecular weight is 407 g/mol. The van der Waals surface area contributed by atoms with Gasteiger partial charge in [0.2, 0.25) is 0 Å². The van der Waals surface area contributed by atoms with E-state index in [4.69, 9.17) is 9.47 Å². The SMILES string of the molecule is COc1ccccc1S(=O)(=O)Nc1ccccc1CN(C)C(=O)OC(C)(C)C. The van der Waals surface area contributed by atoms with E-state index in [-0.39, 0.29) is 17.2 Å². The fraction of sp³-hybridized carbons (Fsp3) is 0.350. The highest BCUT2D eigenvalue weighted by Gasteiger charge is 2.23. The van der Waals surface area contributed by atoms with E-state index in [1.54, 1.807) is 70.3 Å². The lowest BCUT2D eigenvalue weighted by atomic mass is 10.2. The Balaban J connectivity index is 2.26. The third-order valence-electron chi connectivity index (χ3n) is 3.73. The van der Waals surface area contributed by atoms with Crippen LogP contribution in [0.2, 0.25) is 0 Å². The van der Waals surface area contributed by atoms with E-state index < -0.39 is 21.7 Å². The number of sulfonamides is 1. The molecule has 7 nitrogen and oxygen atoms in total. The van der Waals surface area contributed by atoms with Gasteiger partial charge in [0.05, 0.1) is 19.3 Å². The zero-order valence-corrected chi connectivity index (χ0v) is 17.5. The zero-order chi connectivity index (χ0) is 20.9. The number of nitrogens with one attached hydrogen (secondary N) is 1. The minimum atomic E-state index is -3.87. The molecule has 0 bridgehead atoms. The first-order valence-corrected chi connectivity index (χ1v) is 10.2. The van der Waals surface area contributed by atoms with Crippen molar-refractivity contribution in [3.63, 3.8) is 0 Å². The molecule has 2 aromatic rings. The molecule has 2 rings (SSSR count). The van der Waals surface area contributed by atoms with Crippen LogP contribution in [-0.2, 0) is 21.3 Å². The predicted octanol–water partition coefficient (Wildman–Crippen LogP) is 3.86. The summed E-state index contributed by atoms with van der Waals surface area (Å²) in [5, 5.41) is 0. The second kappa shape index (κ2) is 8.52. The van der Waals surface area contributed by atoms with E-state index in [1.807, 2.05) is 0 Å². The van der Waals surface area contributed by atoms with Crippen molar-refractivity contribution in [1.82, 2.24) is 4.90 Å². The molecule has 0 aliphatic heterocycles. The van der Waals surface area contributed by atoms with Crippen molar-refractivity contribution in [3.05, 3.63) is 54.1 Å². The number of rotatable bonds is 6. The highest BCUT2D eigenvalue weighted by atomic mass is 32.2. The maximum atomic E-state index is 12.8. The molecule has 8 heteroatoms. The van der Waals surface area contributed by atoms with Crippen molar-refractivity contribution in [2.24, 2.45) is 0 Å². The highest BCUT2D eigenvalue weighted by Crippen LogP contribution is 2.27. The minimum Gasteiger partial charge on any atom is -0.495 e. The average Bonchev–Trinajstić information content (AvgIpc) is 2.61. The Morgan fingerprint density at radius 2 is 1.68 bits per heavy atom. The number of amides is 1. The van der Waals surface area contributed by atoms with Crippen molar-refractivity contribution < 1.29 is 22.7 Å². The minimum absolute atomic E-state index is 0.0350. The van der Waals surface area contributed by atoms with Crippen molar-refractivity contribution >= 4 is 21.8 Å². The first-order chi connectivity index (χ1) is 13.0. The Bertz CT molecular complexity index is 936. The first-order valence-electron chi connectivity index (χ1n) is 8.71. The lowest BCUT2D eigenvalue weighted by Gasteiger charge is -2.25. The highest BCUT2D eigenvalue weighted by molar-refractivity contribution is 7.92. The molecule has 0 aromatic heterocycles. The molecule has 0 aliphatic carbocycles. The fourth-order valence-electron chi connectivity index (χ4n) is 2.46. The van der Waals surface area contributed by atoms with Gasteiger partial charge in [0.1, 0.15) is 16.2 Å². The monoisotopic (exact) mass is 406 g/mol. The van der Waals surface area contributed by atoms with Crippen molar-refractivity contribution in [2.45, 2.75) is 37.8 Å². The summed E-state index contributed by atoms with van der Waals surface area (Å²) >= 11 is 0. The second-order valence-corrected chi connectivity index (χ2v) is 8.90. The molecule has 0 unspecified atom stereocenters. The van der Waals surface area contributed by atoms with E-state index in [1.165, 1.54) is 18.1 Å². The van der Waals surface area contributed by atoms with Gasteiger partial charge < -0.3 is 14.4 Å². The van der Waals surface area contributed by atoms with Crippen molar-refractivity contribution in [1.29, 1.82) is 0 Å². The predicted molar refractivity (Wildman–Crippen MR) is 108 cm³/mol. The molecular weight excluding hydrogens is 380 g/mol. The summed E-state index contributed by atoms with van der Waals surface area (Å²) in [6.07, 6.45) is -0.491. The van der Waals surface area contributed by atoms with Crippen LogP contribution < -0.4 is 9.46 Å². The van der Waals surface area contributed by atoms with E-state index in [9.17, 15) is 13.2 Å². The number of carbonyl (C=O) groups is 1. The van der Waals surface area contributed by atoms with Crippen molar-refractivity contribution in [3.8, 4) is 5.75 Å². The van der Waals surface area contributed by atoms with Gasteiger partial charge in [-0.05, 0) is 44.5 Å². The summed E-state index contributed by atoms with van der Waals surface area (Å²) in [6.45, 7) is 5.54. The maximum absolute atomic E-state index is 12.8. The molecule has 0 heterocycles. The number of carbonyl (C=O) groups excluding carboxylic acids is 1. The summed E-state index contributed by atoms with van der Waals surface area (Å²) in [5.41, 5.74) is 0.397. The van der Waals surface area contributed by atoms with Gasteiger partial charge in [-0.3, -0.25) is 4.72 Å². The topological polar surface area (TPSA) is 84.9 Å². The third-order valence-corrected chi connectivity index (χ3v) is 5.14. The molecule has 0 spiro atoms. The Kier molecular flexibility index (Phi) is 6.56. The van der Waals surface area contributed by atoms with Crippen molar-refractivity contribution in [2.75, 3.05) is 18.9 Å². The molecule has 28 heavy (non-hydrogen) atoms.